The highest BCUT2D eigenvalue weighted by molar-refractivity contribution is 6.05. The molecule has 0 saturated carbocycles. The summed E-state index contributed by atoms with van der Waals surface area (Å²) >= 11 is 0. The first kappa shape index (κ1) is 20.3. The van der Waals surface area contributed by atoms with Gasteiger partial charge in [-0.05, 0) is 36.6 Å². The van der Waals surface area contributed by atoms with E-state index in [2.05, 4.69) is 10.3 Å². The molecule has 31 heavy (non-hydrogen) atoms. The maximum absolute atomic E-state index is 13.2. The molecule has 0 bridgehead atoms. The van der Waals surface area contributed by atoms with E-state index in [-0.39, 0.29) is 24.9 Å². The lowest BCUT2D eigenvalue weighted by atomic mass is 10.0. The second kappa shape index (κ2) is 9.25. The minimum Gasteiger partial charge on any atom is -0.328 e. The van der Waals surface area contributed by atoms with Gasteiger partial charge in [0.05, 0.1) is 6.54 Å². The number of carbonyl (C=O) groups is 3. The predicted octanol–water partition coefficient (Wildman–Crippen LogP) is 2.45. The molecule has 2 aromatic carbocycles. The standard InChI is InChI=1S/C23H23N5O3/c29-21(15-25-23(31)26-14-12-24-17-26)28(19-9-2-1-3-10-19)16-22(30)27-13-6-8-18-7-4-5-11-20(18)27/h1-5,7,9-12,14,17H,6,8,13,15-16H2,(H,25,31). The maximum atomic E-state index is 13.2. The van der Waals surface area contributed by atoms with Crippen LogP contribution in [0.5, 0.6) is 0 Å². The van der Waals surface area contributed by atoms with Crippen LogP contribution in [0.25, 0.3) is 0 Å². The largest absolute Gasteiger partial charge is 0.328 e. The van der Waals surface area contributed by atoms with Crippen molar-refractivity contribution < 1.29 is 14.4 Å². The molecular formula is C23H23N5O3. The highest BCUT2D eigenvalue weighted by atomic mass is 16.2. The number of hydrogen-bond acceptors (Lipinski definition) is 4. The van der Waals surface area contributed by atoms with Gasteiger partial charge >= 0.3 is 6.03 Å². The summed E-state index contributed by atoms with van der Waals surface area (Å²) < 4.78 is 1.25. The Balaban J connectivity index is 1.50. The Labute approximate surface area is 180 Å². The number of anilines is 2. The van der Waals surface area contributed by atoms with E-state index in [1.165, 1.54) is 28.2 Å². The van der Waals surface area contributed by atoms with Crippen LogP contribution in [0.2, 0.25) is 0 Å². The van der Waals surface area contributed by atoms with Crippen molar-refractivity contribution in [2.75, 3.05) is 29.4 Å². The normalized spacial score (nSPS) is 12.7. The van der Waals surface area contributed by atoms with Gasteiger partial charge in [-0.3, -0.25) is 14.2 Å². The van der Waals surface area contributed by atoms with Gasteiger partial charge in [0.15, 0.2) is 0 Å². The quantitative estimate of drug-likeness (QED) is 0.691. The smallest absolute Gasteiger partial charge is 0.327 e. The fourth-order valence-corrected chi connectivity index (χ4v) is 3.66. The molecule has 0 radical (unpaired) electrons. The Hall–Kier alpha value is -3.94. The highest BCUT2D eigenvalue weighted by Crippen LogP contribution is 2.27. The number of hydrogen-bond donors (Lipinski definition) is 1. The Morgan fingerprint density at radius 2 is 1.81 bits per heavy atom. The third kappa shape index (κ3) is 4.63. The van der Waals surface area contributed by atoms with Crippen LogP contribution in [0.1, 0.15) is 12.0 Å². The summed E-state index contributed by atoms with van der Waals surface area (Å²) in [5.74, 6) is -0.538. The number of imidazole rings is 1. The van der Waals surface area contributed by atoms with Crippen LogP contribution < -0.4 is 15.1 Å². The molecule has 3 amide bonds. The minimum atomic E-state index is -0.463. The molecule has 4 rings (SSSR count). The second-order valence-electron chi connectivity index (χ2n) is 7.22. The third-order valence-corrected chi connectivity index (χ3v) is 5.20. The lowest BCUT2D eigenvalue weighted by molar-refractivity contribution is -0.122. The van der Waals surface area contributed by atoms with Crippen LogP contribution in [0.15, 0.2) is 73.3 Å². The molecule has 0 unspecified atom stereocenters. The number of benzene rings is 2. The molecule has 8 nitrogen and oxygen atoms in total. The van der Waals surface area contributed by atoms with Crippen LogP contribution in [0.3, 0.4) is 0 Å². The Morgan fingerprint density at radius 1 is 1.03 bits per heavy atom. The van der Waals surface area contributed by atoms with E-state index in [0.717, 1.165) is 24.1 Å². The molecule has 0 fully saturated rings. The van der Waals surface area contributed by atoms with Crippen LogP contribution >= 0.6 is 0 Å². The number of para-hydroxylation sites is 2. The summed E-state index contributed by atoms with van der Waals surface area (Å²) in [6.07, 6.45) is 6.13. The molecule has 158 valence electrons. The number of fused-ring (bicyclic) bond motifs is 1. The first-order valence-corrected chi connectivity index (χ1v) is 10.1. The summed E-state index contributed by atoms with van der Waals surface area (Å²) in [5, 5.41) is 2.57. The molecule has 0 atom stereocenters. The molecule has 0 aliphatic carbocycles. The van der Waals surface area contributed by atoms with Crippen LogP contribution in [0, 0.1) is 0 Å². The van der Waals surface area contributed by atoms with Gasteiger partial charge in [0.1, 0.15) is 12.9 Å². The van der Waals surface area contributed by atoms with Crippen molar-refractivity contribution in [1.82, 2.24) is 14.9 Å². The molecule has 8 heteroatoms. The molecule has 2 heterocycles. The zero-order valence-electron chi connectivity index (χ0n) is 17.0. The number of rotatable bonds is 5. The van der Waals surface area contributed by atoms with E-state index >= 15 is 0 Å². The summed E-state index contributed by atoms with van der Waals surface area (Å²) in [6, 6.07) is 16.4. The van der Waals surface area contributed by atoms with Gasteiger partial charge in [0, 0.05) is 30.3 Å². The van der Waals surface area contributed by atoms with E-state index in [1.54, 1.807) is 29.2 Å². The van der Waals surface area contributed by atoms with E-state index < -0.39 is 6.03 Å². The molecule has 1 aromatic heterocycles. The maximum Gasteiger partial charge on any atom is 0.327 e. The SMILES string of the molecule is O=C(CNC(=O)n1ccnc1)N(CC(=O)N1CCCc2ccccc21)c1ccccc1. The number of aryl methyl sites for hydroxylation is 1. The predicted molar refractivity (Wildman–Crippen MR) is 117 cm³/mol. The van der Waals surface area contributed by atoms with Crippen LogP contribution in [-0.2, 0) is 16.0 Å². The van der Waals surface area contributed by atoms with Crippen molar-refractivity contribution in [3.05, 3.63) is 78.9 Å². The van der Waals surface area contributed by atoms with Crippen molar-refractivity contribution >= 4 is 29.2 Å². The Morgan fingerprint density at radius 3 is 2.58 bits per heavy atom. The van der Waals surface area contributed by atoms with Crippen LogP contribution in [0.4, 0.5) is 16.2 Å². The second-order valence-corrected chi connectivity index (χ2v) is 7.22. The molecule has 0 saturated heterocycles. The van der Waals surface area contributed by atoms with E-state index in [0.29, 0.717) is 12.2 Å². The average molecular weight is 417 g/mol. The monoisotopic (exact) mass is 417 g/mol. The van der Waals surface area contributed by atoms with Crippen molar-refractivity contribution in [1.29, 1.82) is 0 Å². The van der Waals surface area contributed by atoms with Gasteiger partial charge in [-0.1, -0.05) is 36.4 Å². The fourth-order valence-electron chi connectivity index (χ4n) is 3.66. The number of nitrogens with zero attached hydrogens (tertiary/aromatic N) is 4. The molecule has 0 spiro atoms. The van der Waals surface area contributed by atoms with Gasteiger partial charge in [-0.2, -0.15) is 0 Å². The van der Waals surface area contributed by atoms with E-state index in [4.69, 9.17) is 0 Å². The third-order valence-electron chi connectivity index (χ3n) is 5.20. The van der Waals surface area contributed by atoms with Crippen molar-refractivity contribution in [3.63, 3.8) is 0 Å². The van der Waals surface area contributed by atoms with Gasteiger partial charge in [-0.15, -0.1) is 0 Å². The Kier molecular flexibility index (Phi) is 6.07. The number of carbonyl (C=O) groups excluding carboxylic acids is 3. The highest BCUT2D eigenvalue weighted by Gasteiger charge is 2.26. The zero-order chi connectivity index (χ0) is 21.6. The summed E-state index contributed by atoms with van der Waals surface area (Å²) in [7, 11) is 0. The lowest BCUT2D eigenvalue weighted by Gasteiger charge is -2.32. The molecule has 3 aromatic rings. The minimum absolute atomic E-state index is 0.113. The van der Waals surface area contributed by atoms with Crippen molar-refractivity contribution in [3.8, 4) is 0 Å². The zero-order valence-corrected chi connectivity index (χ0v) is 17.0. The van der Waals surface area contributed by atoms with Gasteiger partial charge in [-0.25, -0.2) is 9.78 Å². The molecule has 1 aliphatic rings. The van der Waals surface area contributed by atoms with Gasteiger partial charge in [0.2, 0.25) is 11.8 Å². The van der Waals surface area contributed by atoms with Crippen LogP contribution in [-0.4, -0.2) is 47.0 Å². The molecule has 1 N–H and O–H groups in total. The van der Waals surface area contributed by atoms with Gasteiger partial charge < -0.3 is 15.1 Å². The molecular weight excluding hydrogens is 394 g/mol. The number of nitrogens with one attached hydrogen (secondary N) is 1. The first-order valence-electron chi connectivity index (χ1n) is 10.1. The van der Waals surface area contributed by atoms with Crippen molar-refractivity contribution in [2.24, 2.45) is 0 Å². The number of aromatic nitrogens is 2. The number of amides is 3. The first-order chi connectivity index (χ1) is 15.1. The summed E-state index contributed by atoms with van der Waals surface area (Å²) in [4.78, 5) is 45.3. The fraction of sp³-hybridized carbons (Fsp3) is 0.217. The van der Waals surface area contributed by atoms with E-state index in [1.807, 2.05) is 30.3 Å². The summed E-state index contributed by atoms with van der Waals surface area (Å²) in [6.45, 7) is 0.262. The average Bonchev–Trinajstić information content (AvgIpc) is 3.36. The topological polar surface area (TPSA) is 87.5 Å². The Bertz CT molecular complexity index is 1070. The van der Waals surface area contributed by atoms with Crippen molar-refractivity contribution in [2.45, 2.75) is 12.8 Å². The van der Waals surface area contributed by atoms with Gasteiger partial charge in [0.25, 0.3) is 0 Å². The molecule has 1 aliphatic heterocycles. The summed E-state index contributed by atoms with van der Waals surface area (Å²) in [5.41, 5.74) is 2.63. The van der Waals surface area contributed by atoms with E-state index in [9.17, 15) is 14.4 Å². The lowest BCUT2D eigenvalue weighted by Crippen LogP contribution is -2.48.